The van der Waals surface area contributed by atoms with Crippen molar-refractivity contribution in [1.29, 1.82) is 0 Å². The van der Waals surface area contributed by atoms with Gasteiger partial charge in [0.2, 0.25) is 0 Å². The molecule has 5 heteroatoms. The molecule has 2 rings (SSSR count). The lowest BCUT2D eigenvalue weighted by Gasteiger charge is -2.10. The minimum absolute atomic E-state index is 0.137. The summed E-state index contributed by atoms with van der Waals surface area (Å²) < 4.78 is 19.4. The molecule has 19 heavy (non-hydrogen) atoms. The van der Waals surface area contributed by atoms with Crippen molar-refractivity contribution in [3.05, 3.63) is 58.3 Å². The Bertz CT molecular complexity index is 616. The SMILES string of the molecule is COc1cc(Br)ccc1C(=O)Nc1ccccc1F. The Morgan fingerprint density at radius 1 is 1.26 bits per heavy atom. The molecule has 0 saturated heterocycles. The number of hydrogen-bond donors (Lipinski definition) is 1. The van der Waals surface area contributed by atoms with Crippen LogP contribution in [0.15, 0.2) is 46.9 Å². The number of amides is 1. The fourth-order valence-corrected chi connectivity index (χ4v) is 1.94. The van der Waals surface area contributed by atoms with E-state index in [2.05, 4.69) is 21.2 Å². The van der Waals surface area contributed by atoms with Crippen molar-refractivity contribution in [2.75, 3.05) is 12.4 Å². The fraction of sp³-hybridized carbons (Fsp3) is 0.0714. The van der Waals surface area contributed by atoms with Crippen LogP contribution in [0.5, 0.6) is 5.75 Å². The van der Waals surface area contributed by atoms with Crippen molar-refractivity contribution in [3.63, 3.8) is 0 Å². The van der Waals surface area contributed by atoms with Crippen molar-refractivity contribution < 1.29 is 13.9 Å². The molecule has 98 valence electrons. The molecule has 1 amide bonds. The maximum atomic E-state index is 13.5. The molecule has 2 aromatic rings. The molecule has 1 N–H and O–H groups in total. The summed E-state index contributed by atoms with van der Waals surface area (Å²) >= 11 is 3.29. The van der Waals surface area contributed by atoms with Gasteiger partial charge in [0.05, 0.1) is 18.4 Å². The molecule has 0 radical (unpaired) electrons. The van der Waals surface area contributed by atoms with E-state index >= 15 is 0 Å². The van der Waals surface area contributed by atoms with E-state index in [1.165, 1.54) is 19.2 Å². The van der Waals surface area contributed by atoms with Crippen LogP contribution in [0, 0.1) is 5.82 Å². The number of carbonyl (C=O) groups excluding carboxylic acids is 1. The third-order valence-corrected chi connectivity index (χ3v) is 3.02. The molecule has 0 aliphatic carbocycles. The molecule has 0 bridgehead atoms. The van der Waals surface area contributed by atoms with Gasteiger partial charge in [-0.1, -0.05) is 28.1 Å². The zero-order valence-corrected chi connectivity index (χ0v) is 11.7. The summed E-state index contributed by atoms with van der Waals surface area (Å²) in [6, 6.07) is 11.0. The average Bonchev–Trinajstić information content (AvgIpc) is 2.41. The van der Waals surface area contributed by atoms with Crippen molar-refractivity contribution in [1.82, 2.24) is 0 Å². The first-order chi connectivity index (χ1) is 9.11. The lowest BCUT2D eigenvalue weighted by atomic mass is 10.2. The van der Waals surface area contributed by atoms with Crippen LogP contribution < -0.4 is 10.1 Å². The highest BCUT2D eigenvalue weighted by molar-refractivity contribution is 9.10. The maximum absolute atomic E-state index is 13.5. The highest BCUT2D eigenvalue weighted by atomic mass is 79.9. The van der Waals surface area contributed by atoms with Gasteiger partial charge in [-0.05, 0) is 30.3 Å². The number of nitrogens with one attached hydrogen (secondary N) is 1. The number of benzene rings is 2. The van der Waals surface area contributed by atoms with E-state index in [-0.39, 0.29) is 5.69 Å². The van der Waals surface area contributed by atoms with Crippen molar-refractivity contribution in [2.45, 2.75) is 0 Å². The van der Waals surface area contributed by atoms with E-state index in [9.17, 15) is 9.18 Å². The lowest BCUT2D eigenvalue weighted by molar-refractivity contribution is 0.102. The normalized spacial score (nSPS) is 10.1. The standard InChI is InChI=1S/C14H11BrFNO2/c1-19-13-8-9(15)6-7-10(13)14(18)17-12-5-3-2-4-11(12)16/h2-8H,1H3,(H,17,18). The van der Waals surface area contributed by atoms with Gasteiger partial charge < -0.3 is 10.1 Å². The van der Waals surface area contributed by atoms with E-state index in [4.69, 9.17) is 4.74 Å². The minimum atomic E-state index is -0.480. The molecule has 0 unspecified atom stereocenters. The third-order valence-electron chi connectivity index (χ3n) is 2.53. The van der Waals surface area contributed by atoms with Crippen LogP contribution in [0.1, 0.15) is 10.4 Å². The van der Waals surface area contributed by atoms with Crippen LogP contribution in [0.4, 0.5) is 10.1 Å². The number of anilines is 1. The van der Waals surface area contributed by atoms with Crippen LogP contribution in [0.25, 0.3) is 0 Å². The van der Waals surface area contributed by atoms with Crippen LogP contribution in [0.2, 0.25) is 0 Å². The third kappa shape index (κ3) is 3.12. The van der Waals surface area contributed by atoms with Crippen LogP contribution in [0.3, 0.4) is 0 Å². The molecule has 2 aromatic carbocycles. The molecular weight excluding hydrogens is 313 g/mol. The van der Waals surface area contributed by atoms with E-state index in [1.807, 2.05) is 0 Å². The molecule has 0 saturated carbocycles. The summed E-state index contributed by atoms with van der Waals surface area (Å²) in [6.07, 6.45) is 0. The first-order valence-electron chi connectivity index (χ1n) is 5.51. The molecule has 0 fully saturated rings. The van der Waals surface area contributed by atoms with Gasteiger partial charge in [0, 0.05) is 4.47 Å². The summed E-state index contributed by atoms with van der Waals surface area (Å²) in [6.45, 7) is 0. The second kappa shape index (κ2) is 5.84. The Morgan fingerprint density at radius 2 is 2.00 bits per heavy atom. The number of methoxy groups -OCH3 is 1. The first-order valence-corrected chi connectivity index (χ1v) is 6.30. The van der Waals surface area contributed by atoms with Crippen molar-refractivity contribution in [2.24, 2.45) is 0 Å². The second-order valence-electron chi connectivity index (χ2n) is 3.78. The minimum Gasteiger partial charge on any atom is -0.496 e. The molecule has 0 atom stereocenters. The molecular formula is C14H11BrFNO2. The van der Waals surface area contributed by atoms with Crippen molar-refractivity contribution in [3.8, 4) is 5.75 Å². The zero-order chi connectivity index (χ0) is 13.8. The van der Waals surface area contributed by atoms with E-state index in [0.717, 1.165) is 4.47 Å². The summed E-state index contributed by atoms with van der Waals surface area (Å²) in [7, 11) is 1.47. The Labute approximate surface area is 118 Å². The van der Waals surface area contributed by atoms with Gasteiger partial charge in [-0.3, -0.25) is 4.79 Å². The predicted molar refractivity (Wildman–Crippen MR) is 75.0 cm³/mol. The summed E-state index contributed by atoms with van der Waals surface area (Å²) in [4.78, 5) is 12.1. The van der Waals surface area contributed by atoms with Gasteiger partial charge in [0.1, 0.15) is 11.6 Å². The molecule has 0 aromatic heterocycles. The monoisotopic (exact) mass is 323 g/mol. The average molecular weight is 324 g/mol. The number of hydrogen-bond acceptors (Lipinski definition) is 2. The van der Waals surface area contributed by atoms with Gasteiger partial charge in [-0.25, -0.2) is 4.39 Å². The molecule has 3 nitrogen and oxygen atoms in total. The van der Waals surface area contributed by atoms with E-state index in [1.54, 1.807) is 30.3 Å². The van der Waals surface area contributed by atoms with Gasteiger partial charge in [-0.15, -0.1) is 0 Å². The summed E-state index contributed by atoms with van der Waals surface area (Å²) in [5, 5.41) is 2.51. The summed E-state index contributed by atoms with van der Waals surface area (Å²) in [5.41, 5.74) is 0.478. The maximum Gasteiger partial charge on any atom is 0.259 e. The number of carbonyl (C=O) groups is 1. The zero-order valence-electron chi connectivity index (χ0n) is 10.1. The van der Waals surface area contributed by atoms with Crippen LogP contribution >= 0.6 is 15.9 Å². The number of para-hydroxylation sites is 1. The molecule has 0 heterocycles. The molecule has 0 aliphatic rings. The Hall–Kier alpha value is -1.88. The van der Waals surface area contributed by atoms with Crippen LogP contribution in [-0.4, -0.2) is 13.0 Å². The molecule has 0 aliphatic heterocycles. The van der Waals surface area contributed by atoms with E-state index in [0.29, 0.717) is 11.3 Å². The Balaban J connectivity index is 2.28. The fourth-order valence-electron chi connectivity index (χ4n) is 1.60. The smallest absolute Gasteiger partial charge is 0.259 e. The quantitative estimate of drug-likeness (QED) is 0.931. The topological polar surface area (TPSA) is 38.3 Å². The van der Waals surface area contributed by atoms with Crippen LogP contribution in [-0.2, 0) is 0 Å². The van der Waals surface area contributed by atoms with Gasteiger partial charge in [-0.2, -0.15) is 0 Å². The number of halogens is 2. The number of ether oxygens (including phenoxy) is 1. The highest BCUT2D eigenvalue weighted by Crippen LogP contribution is 2.24. The van der Waals surface area contributed by atoms with Gasteiger partial charge >= 0.3 is 0 Å². The van der Waals surface area contributed by atoms with E-state index < -0.39 is 11.7 Å². The highest BCUT2D eigenvalue weighted by Gasteiger charge is 2.14. The Morgan fingerprint density at radius 3 is 2.68 bits per heavy atom. The Kier molecular flexibility index (Phi) is 4.16. The number of rotatable bonds is 3. The largest absolute Gasteiger partial charge is 0.496 e. The summed E-state index contributed by atoms with van der Waals surface area (Å²) in [5.74, 6) is -0.482. The van der Waals surface area contributed by atoms with Gasteiger partial charge in [0.15, 0.2) is 0 Å². The van der Waals surface area contributed by atoms with Gasteiger partial charge in [0.25, 0.3) is 5.91 Å². The molecule has 0 spiro atoms. The second-order valence-corrected chi connectivity index (χ2v) is 4.69. The predicted octanol–water partition coefficient (Wildman–Crippen LogP) is 3.85. The van der Waals surface area contributed by atoms with Crippen molar-refractivity contribution >= 4 is 27.5 Å². The first kappa shape index (κ1) is 13.5. The lowest BCUT2D eigenvalue weighted by Crippen LogP contribution is -2.14.